The smallest absolute Gasteiger partial charge is 0.253 e. The minimum atomic E-state index is -0.904. The van der Waals surface area contributed by atoms with E-state index >= 15 is 0 Å². The summed E-state index contributed by atoms with van der Waals surface area (Å²) < 4.78 is 0. The molecule has 3 aromatic rings. The molecule has 28 heavy (non-hydrogen) atoms. The van der Waals surface area contributed by atoms with E-state index in [-0.39, 0.29) is 5.91 Å². The lowest BCUT2D eigenvalue weighted by atomic mass is 9.84. The molecule has 4 heteroatoms. The van der Waals surface area contributed by atoms with Gasteiger partial charge in [-0.1, -0.05) is 66.2 Å². The summed E-state index contributed by atoms with van der Waals surface area (Å²) in [6, 6.07) is 25.1. The highest BCUT2D eigenvalue weighted by atomic mass is 35.5. The van der Waals surface area contributed by atoms with Gasteiger partial charge in [-0.15, -0.1) is 0 Å². The van der Waals surface area contributed by atoms with Crippen LogP contribution in [0.25, 0.3) is 11.1 Å². The van der Waals surface area contributed by atoms with Crippen molar-refractivity contribution in [2.45, 2.75) is 18.4 Å². The Hall–Kier alpha value is -2.62. The van der Waals surface area contributed by atoms with Gasteiger partial charge in [-0.25, -0.2) is 0 Å². The van der Waals surface area contributed by atoms with E-state index in [2.05, 4.69) is 12.1 Å². The summed E-state index contributed by atoms with van der Waals surface area (Å²) in [4.78, 5) is 14.7. The molecular weight excluding hydrogens is 370 g/mol. The molecule has 0 aromatic heterocycles. The summed E-state index contributed by atoms with van der Waals surface area (Å²) in [7, 11) is 0. The molecule has 1 amide bonds. The number of amides is 1. The molecular formula is C24H22ClNO2. The first kappa shape index (κ1) is 18.7. The fourth-order valence-corrected chi connectivity index (χ4v) is 3.87. The highest BCUT2D eigenvalue weighted by Gasteiger charge is 2.35. The van der Waals surface area contributed by atoms with E-state index in [1.54, 1.807) is 12.1 Å². The molecule has 0 unspecified atom stereocenters. The summed E-state index contributed by atoms with van der Waals surface area (Å²) in [6.45, 7) is 1.05. The SMILES string of the molecule is O=C(c1ccc(-c2ccccc2)cc1)N1CCC(O)(c2ccc(Cl)cc2)CC1. The van der Waals surface area contributed by atoms with Crippen LogP contribution in [-0.2, 0) is 5.60 Å². The van der Waals surface area contributed by atoms with E-state index in [1.807, 2.05) is 59.5 Å². The molecule has 3 nitrogen and oxygen atoms in total. The highest BCUT2D eigenvalue weighted by molar-refractivity contribution is 6.30. The largest absolute Gasteiger partial charge is 0.385 e. The first-order valence-electron chi connectivity index (χ1n) is 9.48. The topological polar surface area (TPSA) is 40.5 Å². The van der Waals surface area contributed by atoms with Crippen molar-refractivity contribution >= 4 is 17.5 Å². The monoisotopic (exact) mass is 391 g/mol. The summed E-state index contributed by atoms with van der Waals surface area (Å²) in [6.07, 6.45) is 1.03. The van der Waals surface area contributed by atoms with E-state index in [0.717, 1.165) is 16.7 Å². The van der Waals surface area contributed by atoms with Crippen molar-refractivity contribution < 1.29 is 9.90 Å². The Morgan fingerprint density at radius 3 is 2.00 bits per heavy atom. The number of carbonyl (C=O) groups is 1. The fraction of sp³-hybridized carbons (Fsp3) is 0.208. The van der Waals surface area contributed by atoms with Gasteiger partial charge in [0, 0.05) is 23.7 Å². The van der Waals surface area contributed by atoms with Crippen molar-refractivity contribution in [3.05, 3.63) is 95.0 Å². The average molecular weight is 392 g/mol. The number of hydrogen-bond donors (Lipinski definition) is 1. The molecule has 1 aliphatic heterocycles. The maximum atomic E-state index is 12.9. The minimum Gasteiger partial charge on any atom is -0.385 e. The Morgan fingerprint density at radius 2 is 1.39 bits per heavy atom. The number of halogens is 1. The van der Waals surface area contributed by atoms with Gasteiger partial charge in [-0.05, 0) is 53.8 Å². The van der Waals surface area contributed by atoms with Gasteiger partial charge >= 0.3 is 0 Å². The number of hydrogen-bond acceptors (Lipinski definition) is 2. The molecule has 0 bridgehead atoms. The molecule has 0 radical (unpaired) electrons. The van der Waals surface area contributed by atoms with Crippen LogP contribution in [0.2, 0.25) is 5.02 Å². The summed E-state index contributed by atoms with van der Waals surface area (Å²) in [5.41, 5.74) is 2.85. The third-order valence-corrected chi connectivity index (χ3v) is 5.75. The van der Waals surface area contributed by atoms with E-state index in [0.29, 0.717) is 36.5 Å². The van der Waals surface area contributed by atoms with Crippen molar-refractivity contribution in [3.8, 4) is 11.1 Å². The lowest BCUT2D eigenvalue weighted by molar-refractivity contribution is -0.0211. The van der Waals surface area contributed by atoms with Crippen LogP contribution in [-0.4, -0.2) is 29.0 Å². The first-order valence-corrected chi connectivity index (χ1v) is 9.86. The van der Waals surface area contributed by atoms with Crippen molar-refractivity contribution in [1.29, 1.82) is 0 Å². The Balaban J connectivity index is 1.43. The summed E-state index contributed by atoms with van der Waals surface area (Å²) >= 11 is 5.94. The quantitative estimate of drug-likeness (QED) is 0.672. The van der Waals surface area contributed by atoms with Crippen molar-refractivity contribution in [2.75, 3.05) is 13.1 Å². The predicted octanol–water partition coefficient (Wildman–Crippen LogP) is 5.13. The first-order chi connectivity index (χ1) is 13.5. The maximum absolute atomic E-state index is 12.9. The Bertz CT molecular complexity index is 944. The van der Waals surface area contributed by atoms with E-state index in [1.165, 1.54) is 0 Å². The number of nitrogens with zero attached hydrogens (tertiary/aromatic N) is 1. The zero-order valence-corrected chi connectivity index (χ0v) is 16.3. The fourth-order valence-electron chi connectivity index (χ4n) is 3.75. The van der Waals surface area contributed by atoms with E-state index in [9.17, 15) is 9.90 Å². The zero-order valence-electron chi connectivity index (χ0n) is 15.5. The summed E-state index contributed by atoms with van der Waals surface area (Å²) in [5, 5.41) is 11.6. The number of aliphatic hydroxyl groups is 1. The van der Waals surface area contributed by atoms with E-state index < -0.39 is 5.60 Å². The molecule has 1 fully saturated rings. The van der Waals surface area contributed by atoms with Gasteiger partial charge in [-0.3, -0.25) is 4.79 Å². The van der Waals surface area contributed by atoms with Crippen LogP contribution in [0.5, 0.6) is 0 Å². The molecule has 0 aliphatic carbocycles. The standard InChI is InChI=1S/C24H22ClNO2/c25-22-12-10-21(11-13-22)24(28)14-16-26(17-15-24)23(27)20-8-6-19(7-9-20)18-4-2-1-3-5-18/h1-13,28H,14-17H2. The van der Waals surface area contributed by atoms with Crippen LogP contribution in [0.1, 0.15) is 28.8 Å². The Kier molecular flexibility index (Phi) is 5.21. The van der Waals surface area contributed by atoms with Gasteiger partial charge in [0.05, 0.1) is 5.60 Å². The molecule has 0 spiro atoms. The van der Waals surface area contributed by atoms with Gasteiger partial charge in [0.25, 0.3) is 5.91 Å². The average Bonchev–Trinajstić information content (AvgIpc) is 2.75. The van der Waals surface area contributed by atoms with Gasteiger partial charge in [0.15, 0.2) is 0 Å². The third kappa shape index (κ3) is 3.82. The molecule has 4 rings (SSSR count). The number of piperidine rings is 1. The maximum Gasteiger partial charge on any atom is 0.253 e. The van der Waals surface area contributed by atoms with Crippen molar-refractivity contribution in [3.63, 3.8) is 0 Å². The number of likely N-dealkylation sites (tertiary alicyclic amines) is 1. The molecule has 3 aromatic carbocycles. The predicted molar refractivity (Wildman–Crippen MR) is 112 cm³/mol. The Morgan fingerprint density at radius 1 is 0.821 bits per heavy atom. The molecule has 142 valence electrons. The Labute approximate surface area is 170 Å². The second-order valence-corrected chi connectivity index (χ2v) is 7.71. The lowest BCUT2D eigenvalue weighted by Crippen LogP contribution is -2.45. The van der Waals surface area contributed by atoms with Gasteiger partial charge in [0.1, 0.15) is 0 Å². The number of benzene rings is 3. The van der Waals surface area contributed by atoms with Crippen LogP contribution in [0.4, 0.5) is 0 Å². The minimum absolute atomic E-state index is 0.0118. The van der Waals surface area contributed by atoms with Crippen LogP contribution >= 0.6 is 11.6 Å². The molecule has 1 aliphatic rings. The third-order valence-electron chi connectivity index (χ3n) is 5.50. The van der Waals surface area contributed by atoms with E-state index in [4.69, 9.17) is 11.6 Å². The normalized spacial score (nSPS) is 16.0. The zero-order chi connectivity index (χ0) is 19.6. The molecule has 1 heterocycles. The highest BCUT2D eigenvalue weighted by Crippen LogP contribution is 2.34. The molecule has 1 N–H and O–H groups in total. The van der Waals surface area contributed by atoms with Crippen LogP contribution in [0, 0.1) is 0 Å². The van der Waals surface area contributed by atoms with Gasteiger partial charge in [-0.2, -0.15) is 0 Å². The summed E-state index contributed by atoms with van der Waals surface area (Å²) in [5.74, 6) is 0.0118. The molecule has 0 saturated carbocycles. The van der Waals surface area contributed by atoms with Crippen LogP contribution < -0.4 is 0 Å². The second kappa shape index (κ2) is 7.78. The molecule has 1 saturated heterocycles. The molecule has 0 atom stereocenters. The lowest BCUT2D eigenvalue weighted by Gasteiger charge is -2.38. The van der Waals surface area contributed by atoms with Crippen LogP contribution in [0.3, 0.4) is 0 Å². The van der Waals surface area contributed by atoms with Gasteiger partial charge < -0.3 is 10.0 Å². The van der Waals surface area contributed by atoms with Crippen molar-refractivity contribution in [2.24, 2.45) is 0 Å². The van der Waals surface area contributed by atoms with Crippen LogP contribution in [0.15, 0.2) is 78.9 Å². The number of rotatable bonds is 3. The number of carbonyl (C=O) groups excluding carboxylic acids is 1. The van der Waals surface area contributed by atoms with Gasteiger partial charge in [0.2, 0.25) is 0 Å². The van der Waals surface area contributed by atoms with Crippen molar-refractivity contribution in [1.82, 2.24) is 4.90 Å². The second-order valence-electron chi connectivity index (χ2n) is 7.27.